The molecule has 7 nitrogen and oxygen atoms in total. The van der Waals surface area contributed by atoms with Gasteiger partial charge in [-0.25, -0.2) is 9.97 Å². The maximum absolute atomic E-state index is 11.8. The van der Waals surface area contributed by atoms with Crippen LogP contribution >= 0.6 is 0 Å². The number of hydrogen-bond acceptors (Lipinski definition) is 6. The van der Waals surface area contributed by atoms with Crippen molar-refractivity contribution >= 4 is 17.3 Å². The highest BCUT2D eigenvalue weighted by Crippen LogP contribution is 2.36. The predicted molar refractivity (Wildman–Crippen MR) is 90.0 cm³/mol. The minimum absolute atomic E-state index is 0.0870. The molecule has 1 aromatic rings. The monoisotopic (exact) mass is 319 g/mol. The van der Waals surface area contributed by atoms with E-state index in [9.17, 15) is 10.1 Å². The molecule has 126 valence electrons. The molecule has 0 unspecified atom stereocenters. The number of piperidine rings is 1. The second-order valence-electron chi connectivity index (χ2n) is 6.70. The smallest absolute Gasteiger partial charge is 0.351 e. The minimum Gasteiger partial charge on any atom is -0.351 e. The molecule has 2 fully saturated rings. The lowest BCUT2D eigenvalue weighted by molar-refractivity contribution is -0.383. The highest BCUT2D eigenvalue weighted by atomic mass is 16.6. The highest BCUT2D eigenvalue weighted by Gasteiger charge is 2.31. The van der Waals surface area contributed by atoms with Crippen molar-refractivity contribution in [2.24, 2.45) is 5.92 Å². The molecule has 2 aliphatic heterocycles. The van der Waals surface area contributed by atoms with Crippen LogP contribution in [0.15, 0.2) is 6.33 Å². The lowest BCUT2D eigenvalue weighted by Crippen LogP contribution is -2.34. The maximum atomic E-state index is 11.8. The van der Waals surface area contributed by atoms with Crippen LogP contribution in [0.5, 0.6) is 0 Å². The Bertz CT molecular complexity index is 549. The lowest BCUT2D eigenvalue weighted by Gasteiger charge is -2.31. The summed E-state index contributed by atoms with van der Waals surface area (Å²) in [7, 11) is 0. The summed E-state index contributed by atoms with van der Waals surface area (Å²) in [6, 6.07) is 0. The summed E-state index contributed by atoms with van der Waals surface area (Å²) >= 11 is 0. The summed E-state index contributed by atoms with van der Waals surface area (Å²) in [6.07, 6.45) is 8.11. The molecule has 0 bridgehead atoms. The fourth-order valence-corrected chi connectivity index (χ4v) is 3.49. The Hall–Kier alpha value is -1.92. The van der Waals surface area contributed by atoms with Crippen LogP contribution in [0.2, 0.25) is 0 Å². The van der Waals surface area contributed by atoms with Gasteiger partial charge >= 0.3 is 5.69 Å². The van der Waals surface area contributed by atoms with E-state index >= 15 is 0 Å². The summed E-state index contributed by atoms with van der Waals surface area (Å²) in [5, 5.41) is 11.8. The van der Waals surface area contributed by atoms with E-state index in [0.29, 0.717) is 17.6 Å². The summed E-state index contributed by atoms with van der Waals surface area (Å²) in [6.45, 7) is 5.58. The summed E-state index contributed by atoms with van der Waals surface area (Å²) in [5.74, 6) is 1.67. The molecule has 0 radical (unpaired) electrons. The first-order valence-corrected chi connectivity index (χ1v) is 8.66. The van der Waals surface area contributed by atoms with Gasteiger partial charge in [-0.3, -0.25) is 10.1 Å². The van der Waals surface area contributed by atoms with Crippen LogP contribution < -0.4 is 9.80 Å². The molecular weight excluding hydrogens is 294 g/mol. The van der Waals surface area contributed by atoms with Crippen molar-refractivity contribution in [3.63, 3.8) is 0 Å². The average Bonchev–Trinajstić information content (AvgIpc) is 2.84. The van der Waals surface area contributed by atoms with Gasteiger partial charge < -0.3 is 9.80 Å². The first-order valence-electron chi connectivity index (χ1n) is 8.66. The van der Waals surface area contributed by atoms with E-state index in [1.165, 1.54) is 19.2 Å². The van der Waals surface area contributed by atoms with Gasteiger partial charge in [-0.05, 0) is 31.6 Å². The van der Waals surface area contributed by atoms with Gasteiger partial charge in [0.2, 0.25) is 11.6 Å². The van der Waals surface area contributed by atoms with Crippen LogP contribution in [0.25, 0.3) is 0 Å². The third-order valence-corrected chi connectivity index (χ3v) is 4.95. The van der Waals surface area contributed by atoms with Gasteiger partial charge in [-0.2, -0.15) is 0 Å². The zero-order valence-corrected chi connectivity index (χ0v) is 13.8. The van der Waals surface area contributed by atoms with Gasteiger partial charge in [0.25, 0.3) is 0 Å². The number of hydrogen-bond donors (Lipinski definition) is 0. The number of aromatic nitrogens is 2. The van der Waals surface area contributed by atoms with E-state index in [2.05, 4.69) is 26.7 Å². The van der Waals surface area contributed by atoms with Crippen molar-refractivity contribution in [2.75, 3.05) is 36.0 Å². The van der Waals surface area contributed by atoms with E-state index in [-0.39, 0.29) is 10.6 Å². The third-order valence-electron chi connectivity index (χ3n) is 4.95. The molecular formula is C16H25N5O2. The van der Waals surface area contributed by atoms with Crippen LogP contribution in [0.1, 0.15) is 45.4 Å². The Morgan fingerprint density at radius 2 is 1.52 bits per heavy atom. The zero-order valence-electron chi connectivity index (χ0n) is 13.8. The quantitative estimate of drug-likeness (QED) is 0.630. The highest BCUT2D eigenvalue weighted by molar-refractivity contribution is 5.71. The van der Waals surface area contributed by atoms with Crippen LogP contribution in [-0.2, 0) is 0 Å². The molecule has 1 aromatic heterocycles. The Kier molecular flexibility index (Phi) is 4.93. The van der Waals surface area contributed by atoms with Gasteiger partial charge in [0.05, 0.1) is 4.92 Å². The van der Waals surface area contributed by atoms with Crippen molar-refractivity contribution in [1.82, 2.24) is 9.97 Å². The van der Waals surface area contributed by atoms with E-state index < -0.39 is 0 Å². The van der Waals surface area contributed by atoms with E-state index in [1.54, 1.807) is 0 Å². The Balaban J connectivity index is 1.93. The molecule has 23 heavy (non-hydrogen) atoms. The Morgan fingerprint density at radius 3 is 2.04 bits per heavy atom. The van der Waals surface area contributed by atoms with E-state index in [1.807, 2.05) is 0 Å². The molecule has 0 spiro atoms. The van der Waals surface area contributed by atoms with Crippen molar-refractivity contribution in [3.8, 4) is 0 Å². The normalized spacial score (nSPS) is 20.4. The largest absolute Gasteiger partial charge is 0.353 e. The van der Waals surface area contributed by atoms with Crippen LogP contribution in [0.4, 0.5) is 17.3 Å². The van der Waals surface area contributed by atoms with Crippen molar-refractivity contribution < 1.29 is 4.92 Å². The topological polar surface area (TPSA) is 75.4 Å². The predicted octanol–water partition coefficient (Wildman–Crippen LogP) is 3.00. The van der Waals surface area contributed by atoms with Crippen molar-refractivity contribution in [3.05, 3.63) is 16.4 Å². The number of rotatable bonds is 3. The number of anilines is 2. The summed E-state index contributed by atoms with van der Waals surface area (Å²) in [5.41, 5.74) is 0.0870. The fraction of sp³-hybridized carbons (Fsp3) is 0.750. The summed E-state index contributed by atoms with van der Waals surface area (Å²) < 4.78 is 0. The number of nitro groups is 1. The van der Waals surface area contributed by atoms with Crippen LogP contribution in [0, 0.1) is 16.0 Å². The van der Waals surface area contributed by atoms with Gasteiger partial charge in [-0.1, -0.05) is 19.8 Å². The molecule has 0 saturated carbocycles. The Labute approximate surface area is 136 Å². The first kappa shape index (κ1) is 16.0. The second-order valence-corrected chi connectivity index (χ2v) is 6.70. The van der Waals surface area contributed by atoms with Gasteiger partial charge in [0.15, 0.2) is 0 Å². The standard InChI is InChI=1S/C16H25N5O2/c1-13-6-10-20(11-7-13)16-14(21(22)23)15(17-12-18-16)19-8-4-2-3-5-9-19/h12-13H,2-11H2,1H3. The second kappa shape index (κ2) is 7.10. The van der Waals surface area contributed by atoms with Crippen molar-refractivity contribution in [1.29, 1.82) is 0 Å². The van der Waals surface area contributed by atoms with Gasteiger partial charge in [-0.15, -0.1) is 0 Å². The number of nitrogens with zero attached hydrogens (tertiary/aromatic N) is 5. The molecule has 0 amide bonds. The molecule has 2 aliphatic rings. The van der Waals surface area contributed by atoms with Crippen molar-refractivity contribution in [2.45, 2.75) is 45.4 Å². The van der Waals surface area contributed by atoms with Gasteiger partial charge in [0.1, 0.15) is 6.33 Å². The van der Waals surface area contributed by atoms with E-state index in [0.717, 1.165) is 51.9 Å². The third kappa shape index (κ3) is 3.54. The fourth-order valence-electron chi connectivity index (χ4n) is 3.49. The molecule has 3 heterocycles. The molecule has 2 saturated heterocycles. The molecule has 7 heteroatoms. The molecule has 0 atom stereocenters. The zero-order chi connectivity index (χ0) is 16.2. The SMILES string of the molecule is CC1CCN(c2ncnc(N3CCCCCC3)c2[N+](=O)[O-])CC1. The van der Waals surface area contributed by atoms with Crippen LogP contribution in [-0.4, -0.2) is 41.1 Å². The van der Waals surface area contributed by atoms with E-state index in [4.69, 9.17) is 0 Å². The molecule has 0 aromatic carbocycles. The van der Waals surface area contributed by atoms with Gasteiger partial charge in [0, 0.05) is 26.2 Å². The summed E-state index contributed by atoms with van der Waals surface area (Å²) in [4.78, 5) is 24.1. The maximum Gasteiger partial charge on any atom is 0.353 e. The Morgan fingerprint density at radius 1 is 1.00 bits per heavy atom. The average molecular weight is 319 g/mol. The molecule has 0 N–H and O–H groups in total. The molecule has 3 rings (SSSR count). The molecule has 0 aliphatic carbocycles. The first-order chi connectivity index (χ1) is 11.2. The van der Waals surface area contributed by atoms with Crippen LogP contribution in [0.3, 0.4) is 0 Å². The lowest BCUT2D eigenvalue weighted by atomic mass is 9.99. The minimum atomic E-state index is -0.298.